The van der Waals surface area contributed by atoms with E-state index in [0.29, 0.717) is 6.61 Å². The van der Waals surface area contributed by atoms with Gasteiger partial charge in [-0.3, -0.25) is 4.90 Å². The van der Waals surface area contributed by atoms with Gasteiger partial charge in [0.1, 0.15) is 18.1 Å². The van der Waals surface area contributed by atoms with E-state index in [0.717, 1.165) is 24.6 Å². The number of hydrogen-bond acceptors (Lipinski definition) is 3. The lowest BCUT2D eigenvalue weighted by molar-refractivity contribution is -0.00254. The average Bonchev–Trinajstić information content (AvgIpc) is 2.55. The quantitative estimate of drug-likeness (QED) is 0.688. The predicted molar refractivity (Wildman–Crippen MR) is 85.7 cm³/mol. The Kier molecular flexibility index (Phi) is 6.10. The van der Waals surface area contributed by atoms with E-state index in [9.17, 15) is 0 Å². The predicted octanol–water partition coefficient (Wildman–Crippen LogP) is 3.81. The molecule has 1 unspecified atom stereocenters. The molecule has 0 saturated heterocycles. The molecule has 0 amide bonds. The van der Waals surface area contributed by atoms with Crippen LogP contribution < -0.4 is 9.47 Å². The molecule has 0 aliphatic carbocycles. The normalized spacial score (nSPS) is 12.1. The Morgan fingerprint density at radius 3 is 1.86 bits per heavy atom. The monoisotopic (exact) mass is 285 g/mol. The number of rotatable bonds is 8. The van der Waals surface area contributed by atoms with Crippen LogP contribution in [0.25, 0.3) is 0 Å². The first-order valence-corrected chi connectivity index (χ1v) is 7.47. The van der Waals surface area contributed by atoms with Crippen LogP contribution in [-0.2, 0) is 0 Å². The lowest BCUT2D eigenvalue weighted by Crippen LogP contribution is -2.43. The van der Waals surface area contributed by atoms with Crippen LogP contribution in [0.1, 0.15) is 13.8 Å². The number of para-hydroxylation sites is 2. The van der Waals surface area contributed by atoms with Crippen molar-refractivity contribution in [3.8, 4) is 11.5 Å². The zero-order chi connectivity index (χ0) is 14.9. The first-order valence-electron chi connectivity index (χ1n) is 7.47. The Labute approximate surface area is 127 Å². The summed E-state index contributed by atoms with van der Waals surface area (Å²) in [6, 6.07) is 19.7. The molecule has 0 fully saturated rings. The summed E-state index contributed by atoms with van der Waals surface area (Å²) < 4.78 is 11.9. The van der Waals surface area contributed by atoms with E-state index in [4.69, 9.17) is 9.47 Å². The van der Waals surface area contributed by atoms with Crippen molar-refractivity contribution >= 4 is 0 Å². The summed E-state index contributed by atoms with van der Waals surface area (Å²) in [4.78, 5) is 2.25. The lowest BCUT2D eigenvalue weighted by Gasteiger charge is -2.29. The number of benzene rings is 2. The van der Waals surface area contributed by atoms with Gasteiger partial charge in [0.05, 0.1) is 0 Å². The van der Waals surface area contributed by atoms with Gasteiger partial charge in [-0.15, -0.1) is 0 Å². The molecule has 0 aliphatic rings. The SMILES string of the molecule is CCN(CC)C(COc1ccccc1)Oc1ccccc1. The van der Waals surface area contributed by atoms with Crippen molar-refractivity contribution in [2.45, 2.75) is 20.1 Å². The highest BCUT2D eigenvalue weighted by molar-refractivity contribution is 5.22. The van der Waals surface area contributed by atoms with Gasteiger partial charge in [-0.05, 0) is 37.4 Å². The average molecular weight is 285 g/mol. The number of ether oxygens (including phenoxy) is 2. The molecule has 0 saturated carbocycles. The molecule has 0 aliphatic heterocycles. The zero-order valence-corrected chi connectivity index (χ0v) is 12.7. The summed E-state index contributed by atoms with van der Waals surface area (Å²) >= 11 is 0. The van der Waals surface area contributed by atoms with Crippen molar-refractivity contribution < 1.29 is 9.47 Å². The maximum atomic E-state index is 6.08. The smallest absolute Gasteiger partial charge is 0.186 e. The second kappa shape index (κ2) is 8.32. The topological polar surface area (TPSA) is 21.7 Å². The first-order chi connectivity index (χ1) is 10.3. The highest BCUT2D eigenvalue weighted by Gasteiger charge is 2.18. The van der Waals surface area contributed by atoms with Crippen molar-refractivity contribution in [3.05, 3.63) is 60.7 Å². The summed E-state index contributed by atoms with van der Waals surface area (Å²) in [5.74, 6) is 1.73. The standard InChI is InChI=1S/C18H23NO2/c1-3-19(4-2)18(21-17-13-9-6-10-14-17)15-20-16-11-7-5-8-12-16/h5-14,18H,3-4,15H2,1-2H3. The molecular weight excluding hydrogens is 262 g/mol. The second-order valence-electron chi connectivity index (χ2n) is 4.73. The van der Waals surface area contributed by atoms with Gasteiger partial charge in [-0.25, -0.2) is 0 Å². The van der Waals surface area contributed by atoms with Crippen LogP contribution in [0, 0.1) is 0 Å². The Morgan fingerprint density at radius 1 is 0.810 bits per heavy atom. The first kappa shape index (κ1) is 15.4. The minimum absolute atomic E-state index is 0.0948. The Morgan fingerprint density at radius 2 is 1.33 bits per heavy atom. The molecular formula is C18H23NO2. The molecule has 112 valence electrons. The number of likely N-dealkylation sites (N-methyl/N-ethyl adjacent to an activating group) is 1. The van der Waals surface area contributed by atoms with Gasteiger partial charge in [0.15, 0.2) is 6.23 Å². The van der Waals surface area contributed by atoms with Crippen LogP contribution in [0.4, 0.5) is 0 Å². The highest BCUT2D eigenvalue weighted by atomic mass is 16.5. The summed E-state index contributed by atoms with van der Waals surface area (Å²) in [6.45, 7) is 6.61. The van der Waals surface area contributed by atoms with Crippen LogP contribution in [0.5, 0.6) is 11.5 Å². The fraction of sp³-hybridized carbons (Fsp3) is 0.333. The number of hydrogen-bond donors (Lipinski definition) is 0. The van der Waals surface area contributed by atoms with Gasteiger partial charge in [-0.1, -0.05) is 50.2 Å². The van der Waals surface area contributed by atoms with Crippen LogP contribution in [0.15, 0.2) is 60.7 Å². The Balaban J connectivity index is 2.01. The van der Waals surface area contributed by atoms with Crippen LogP contribution in [-0.4, -0.2) is 30.8 Å². The van der Waals surface area contributed by atoms with Crippen LogP contribution in [0.3, 0.4) is 0 Å². The fourth-order valence-electron chi connectivity index (χ4n) is 2.19. The van der Waals surface area contributed by atoms with Crippen molar-refractivity contribution in [3.63, 3.8) is 0 Å². The molecule has 2 aromatic carbocycles. The van der Waals surface area contributed by atoms with E-state index in [2.05, 4.69) is 18.7 Å². The largest absolute Gasteiger partial charge is 0.488 e. The van der Waals surface area contributed by atoms with Gasteiger partial charge < -0.3 is 9.47 Å². The third-order valence-corrected chi connectivity index (χ3v) is 3.37. The molecule has 0 aromatic heterocycles. The summed E-state index contributed by atoms with van der Waals surface area (Å²) in [5.41, 5.74) is 0. The molecule has 0 radical (unpaired) electrons. The van der Waals surface area contributed by atoms with E-state index in [1.54, 1.807) is 0 Å². The van der Waals surface area contributed by atoms with Crippen LogP contribution in [0.2, 0.25) is 0 Å². The van der Waals surface area contributed by atoms with Gasteiger partial charge >= 0.3 is 0 Å². The molecule has 1 atom stereocenters. The Hall–Kier alpha value is -2.00. The molecule has 3 nitrogen and oxygen atoms in total. The van der Waals surface area contributed by atoms with Crippen molar-refractivity contribution in [1.82, 2.24) is 4.90 Å². The van der Waals surface area contributed by atoms with Gasteiger partial charge in [0.25, 0.3) is 0 Å². The van der Waals surface area contributed by atoms with Crippen molar-refractivity contribution in [2.75, 3.05) is 19.7 Å². The van der Waals surface area contributed by atoms with E-state index < -0.39 is 0 Å². The lowest BCUT2D eigenvalue weighted by atomic mass is 10.3. The molecule has 0 heterocycles. The molecule has 0 spiro atoms. The maximum absolute atomic E-state index is 6.08. The highest BCUT2D eigenvalue weighted by Crippen LogP contribution is 2.15. The third-order valence-electron chi connectivity index (χ3n) is 3.37. The van der Waals surface area contributed by atoms with E-state index in [-0.39, 0.29) is 6.23 Å². The van der Waals surface area contributed by atoms with Gasteiger partial charge in [0, 0.05) is 0 Å². The van der Waals surface area contributed by atoms with Crippen molar-refractivity contribution in [2.24, 2.45) is 0 Å². The van der Waals surface area contributed by atoms with E-state index in [1.165, 1.54) is 0 Å². The van der Waals surface area contributed by atoms with Crippen molar-refractivity contribution in [1.29, 1.82) is 0 Å². The molecule has 0 N–H and O–H groups in total. The summed E-state index contributed by atoms with van der Waals surface area (Å²) in [7, 11) is 0. The van der Waals surface area contributed by atoms with Gasteiger partial charge in [0.2, 0.25) is 0 Å². The second-order valence-corrected chi connectivity index (χ2v) is 4.73. The fourth-order valence-corrected chi connectivity index (χ4v) is 2.19. The number of nitrogens with zero attached hydrogens (tertiary/aromatic N) is 1. The zero-order valence-electron chi connectivity index (χ0n) is 12.7. The minimum Gasteiger partial charge on any atom is -0.488 e. The molecule has 2 rings (SSSR count). The Bertz CT molecular complexity index is 497. The summed E-state index contributed by atoms with van der Waals surface area (Å²) in [5, 5.41) is 0. The van der Waals surface area contributed by atoms with E-state index in [1.807, 2.05) is 60.7 Å². The molecule has 0 bridgehead atoms. The molecule has 21 heavy (non-hydrogen) atoms. The maximum Gasteiger partial charge on any atom is 0.186 e. The van der Waals surface area contributed by atoms with Crippen LogP contribution >= 0.6 is 0 Å². The third kappa shape index (κ3) is 4.80. The molecule has 2 aromatic rings. The van der Waals surface area contributed by atoms with E-state index >= 15 is 0 Å². The molecule has 3 heteroatoms. The minimum atomic E-state index is -0.0948. The summed E-state index contributed by atoms with van der Waals surface area (Å²) in [6.07, 6.45) is -0.0948. The van der Waals surface area contributed by atoms with Gasteiger partial charge in [-0.2, -0.15) is 0 Å².